The maximum Gasteiger partial charge on any atom is 0.257 e. The summed E-state index contributed by atoms with van der Waals surface area (Å²) >= 11 is 0. The van der Waals surface area contributed by atoms with Gasteiger partial charge in [0.1, 0.15) is 11.5 Å². The number of hydrogen-bond donors (Lipinski definition) is 2. The first-order chi connectivity index (χ1) is 11.1. The van der Waals surface area contributed by atoms with E-state index in [1.165, 1.54) is 0 Å². The van der Waals surface area contributed by atoms with Crippen molar-refractivity contribution in [1.82, 2.24) is 10.6 Å². The molecule has 5 nitrogen and oxygen atoms in total. The third kappa shape index (κ3) is 6.97. The molecule has 1 saturated heterocycles. The van der Waals surface area contributed by atoms with E-state index in [9.17, 15) is 4.79 Å². The van der Waals surface area contributed by atoms with Crippen LogP contribution in [0, 0.1) is 5.41 Å². The SMILES string of the molecule is CCCOc1ccc(OCC(=O)NCC2(C)CCNCC2)cc1.Cl. The molecule has 2 rings (SSSR count). The Morgan fingerprint density at radius 1 is 1.17 bits per heavy atom. The minimum absolute atomic E-state index is 0. The normalized spacial score (nSPS) is 15.9. The summed E-state index contributed by atoms with van der Waals surface area (Å²) in [6, 6.07) is 7.37. The van der Waals surface area contributed by atoms with E-state index < -0.39 is 0 Å². The average molecular weight is 357 g/mol. The highest BCUT2D eigenvalue weighted by molar-refractivity contribution is 5.85. The molecule has 0 radical (unpaired) electrons. The van der Waals surface area contributed by atoms with E-state index in [1.54, 1.807) is 0 Å². The fourth-order valence-electron chi connectivity index (χ4n) is 2.57. The zero-order chi connectivity index (χ0) is 16.5. The zero-order valence-corrected chi connectivity index (χ0v) is 15.4. The first-order valence-corrected chi connectivity index (χ1v) is 8.44. The van der Waals surface area contributed by atoms with Crippen molar-refractivity contribution in [2.24, 2.45) is 5.41 Å². The van der Waals surface area contributed by atoms with Crippen LogP contribution >= 0.6 is 12.4 Å². The Bertz CT molecular complexity index is 488. The standard InChI is InChI=1S/C18H28N2O3.ClH/c1-3-12-22-15-4-6-16(7-5-15)23-13-17(21)20-14-18(2)8-10-19-11-9-18;/h4-7,19H,3,8-14H2,1-2H3,(H,20,21);1H. The Kier molecular flexibility index (Phi) is 8.93. The summed E-state index contributed by atoms with van der Waals surface area (Å²) in [4.78, 5) is 11.9. The van der Waals surface area contributed by atoms with Gasteiger partial charge in [-0.1, -0.05) is 13.8 Å². The molecular weight excluding hydrogens is 328 g/mol. The van der Waals surface area contributed by atoms with Crippen LogP contribution in [0.3, 0.4) is 0 Å². The molecular formula is C18H29ClN2O3. The molecule has 1 aliphatic rings. The summed E-state index contributed by atoms with van der Waals surface area (Å²) < 4.78 is 11.0. The smallest absolute Gasteiger partial charge is 0.257 e. The van der Waals surface area contributed by atoms with Gasteiger partial charge in [0.15, 0.2) is 6.61 Å². The number of piperidine rings is 1. The van der Waals surface area contributed by atoms with Crippen molar-refractivity contribution in [2.45, 2.75) is 33.1 Å². The largest absolute Gasteiger partial charge is 0.494 e. The molecule has 1 aliphatic heterocycles. The van der Waals surface area contributed by atoms with E-state index in [0.717, 1.165) is 38.1 Å². The van der Waals surface area contributed by atoms with E-state index in [0.29, 0.717) is 18.9 Å². The molecule has 1 amide bonds. The molecule has 2 N–H and O–H groups in total. The van der Waals surface area contributed by atoms with Crippen LogP contribution in [0.1, 0.15) is 33.1 Å². The summed E-state index contributed by atoms with van der Waals surface area (Å²) in [6.07, 6.45) is 3.16. The van der Waals surface area contributed by atoms with Crippen LogP contribution in [-0.4, -0.2) is 38.8 Å². The fourth-order valence-corrected chi connectivity index (χ4v) is 2.57. The topological polar surface area (TPSA) is 59.6 Å². The highest BCUT2D eigenvalue weighted by Gasteiger charge is 2.26. The van der Waals surface area contributed by atoms with Crippen molar-refractivity contribution in [3.8, 4) is 11.5 Å². The van der Waals surface area contributed by atoms with Gasteiger partial charge in [-0.05, 0) is 62.0 Å². The number of carbonyl (C=O) groups is 1. The Hall–Kier alpha value is -1.46. The van der Waals surface area contributed by atoms with Crippen LogP contribution in [-0.2, 0) is 4.79 Å². The van der Waals surface area contributed by atoms with Crippen molar-refractivity contribution >= 4 is 18.3 Å². The molecule has 1 aromatic rings. The number of nitrogens with one attached hydrogen (secondary N) is 2. The number of benzene rings is 1. The second-order valence-corrected chi connectivity index (χ2v) is 6.45. The number of ether oxygens (including phenoxy) is 2. The minimum Gasteiger partial charge on any atom is -0.494 e. The summed E-state index contributed by atoms with van der Waals surface area (Å²) in [5, 5.41) is 6.33. The molecule has 0 spiro atoms. The Balaban J connectivity index is 0.00000288. The first kappa shape index (κ1) is 20.6. The summed E-state index contributed by atoms with van der Waals surface area (Å²) in [5.74, 6) is 1.43. The lowest BCUT2D eigenvalue weighted by Crippen LogP contribution is -2.43. The van der Waals surface area contributed by atoms with Gasteiger partial charge < -0.3 is 20.1 Å². The maximum absolute atomic E-state index is 11.9. The molecule has 0 atom stereocenters. The van der Waals surface area contributed by atoms with Crippen molar-refractivity contribution in [3.63, 3.8) is 0 Å². The van der Waals surface area contributed by atoms with Crippen molar-refractivity contribution in [1.29, 1.82) is 0 Å². The van der Waals surface area contributed by atoms with Crippen molar-refractivity contribution < 1.29 is 14.3 Å². The Morgan fingerprint density at radius 3 is 2.33 bits per heavy atom. The number of carbonyl (C=O) groups excluding carboxylic acids is 1. The first-order valence-electron chi connectivity index (χ1n) is 8.44. The monoisotopic (exact) mass is 356 g/mol. The highest BCUT2D eigenvalue weighted by atomic mass is 35.5. The lowest BCUT2D eigenvalue weighted by Gasteiger charge is -2.34. The van der Waals surface area contributed by atoms with E-state index >= 15 is 0 Å². The van der Waals surface area contributed by atoms with Gasteiger partial charge in [0, 0.05) is 6.54 Å². The lowest BCUT2D eigenvalue weighted by atomic mass is 9.81. The number of rotatable bonds is 8. The molecule has 0 aromatic heterocycles. The van der Waals surface area contributed by atoms with Gasteiger partial charge >= 0.3 is 0 Å². The van der Waals surface area contributed by atoms with Crippen LogP contribution in [0.2, 0.25) is 0 Å². The minimum atomic E-state index is -0.0731. The Morgan fingerprint density at radius 2 is 1.75 bits per heavy atom. The molecule has 0 aliphatic carbocycles. The number of amides is 1. The molecule has 24 heavy (non-hydrogen) atoms. The van der Waals surface area contributed by atoms with Gasteiger partial charge in [-0.25, -0.2) is 0 Å². The molecule has 0 unspecified atom stereocenters. The van der Waals surface area contributed by atoms with E-state index in [2.05, 4.69) is 24.5 Å². The lowest BCUT2D eigenvalue weighted by molar-refractivity contribution is -0.123. The third-order valence-corrected chi connectivity index (χ3v) is 4.19. The zero-order valence-electron chi connectivity index (χ0n) is 14.6. The molecule has 136 valence electrons. The summed E-state index contributed by atoms with van der Waals surface area (Å²) in [6.45, 7) is 7.80. The van der Waals surface area contributed by atoms with E-state index in [4.69, 9.17) is 9.47 Å². The summed E-state index contributed by atoms with van der Waals surface area (Å²) in [5.41, 5.74) is 0.194. The molecule has 1 aromatic carbocycles. The fraction of sp³-hybridized carbons (Fsp3) is 0.611. The van der Waals surface area contributed by atoms with Crippen LogP contribution in [0.4, 0.5) is 0 Å². The van der Waals surface area contributed by atoms with Gasteiger partial charge in [0.25, 0.3) is 5.91 Å². The number of hydrogen-bond acceptors (Lipinski definition) is 4. The predicted molar refractivity (Wildman–Crippen MR) is 98.2 cm³/mol. The van der Waals surface area contributed by atoms with Gasteiger partial charge in [0.2, 0.25) is 0 Å². The Labute approximate surface area is 150 Å². The molecule has 1 fully saturated rings. The van der Waals surface area contributed by atoms with Crippen LogP contribution < -0.4 is 20.1 Å². The van der Waals surface area contributed by atoms with E-state index in [-0.39, 0.29) is 30.3 Å². The molecule has 6 heteroatoms. The van der Waals surface area contributed by atoms with Crippen molar-refractivity contribution in [3.05, 3.63) is 24.3 Å². The van der Waals surface area contributed by atoms with Gasteiger partial charge in [-0.2, -0.15) is 0 Å². The van der Waals surface area contributed by atoms with Gasteiger partial charge in [-0.15, -0.1) is 12.4 Å². The summed E-state index contributed by atoms with van der Waals surface area (Å²) in [7, 11) is 0. The third-order valence-electron chi connectivity index (χ3n) is 4.19. The van der Waals surface area contributed by atoms with Crippen LogP contribution in [0.25, 0.3) is 0 Å². The molecule has 0 saturated carbocycles. The average Bonchev–Trinajstić information content (AvgIpc) is 2.58. The maximum atomic E-state index is 11.9. The second kappa shape index (κ2) is 10.4. The van der Waals surface area contributed by atoms with Crippen molar-refractivity contribution in [2.75, 3.05) is 32.8 Å². The quantitative estimate of drug-likeness (QED) is 0.752. The molecule has 1 heterocycles. The van der Waals surface area contributed by atoms with Gasteiger partial charge in [-0.3, -0.25) is 4.79 Å². The highest BCUT2D eigenvalue weighted by Crippen LogP contribution is 2.26. The van der Waals surface area contributed by atoms with Crippen LogP contribution in [0.5, 0.6) is 11.5 Å². The van der Waals surface area contributed by atoms with Crippen LogP contribution in [0.15, 0.2) is 24.3 Å². The van der Waals surface area contributed by atoms with Gasteiger partial charge in [0.05, 0.1) is 6.61 Å². The second-order valence-electron chi connectivity index (χ2n) is 6.45. The van der Waals surface area contributed by atoms with E-state index in [1.807, 2.05) is 24.3 Å². The number of halogens is 1. The predicted octanol–water partition coefficient (Wildman–Crippen LogP) is 2.78. The molecule has 0 bridgehead atoms.